The molecule has 36 heavy (non-hydrogen) atoms. The van der Waals surface area contributed by atoms with E-state index in [1.54, 1.807) is 6.07 Å². The monoisotopic (exact) mass is 502 g/mol. The minimum atomic E-state index is -1.83. The Morgan fingerprint density at radius 2 is 1.94 bits per heavy atom. The van der Waals surface area contributed by atoms with Crippen LogP contribution in [0.1, 0.15) is 65.0 Å². The van der Waals surface area contributed by atoms with Crippen molar-refractivity contribution in [3.05, 3.63) is 24.2 Å². The van der Waals surface area contributed by atoms with Gasteiger partial charge in [-0.15, -0.1) is 0 Å². The summed E-state index contributed by atoms with van der Waals surface area (Å²) in [6, 6.07) is 1.71. The Kier molecular flexibility index (Phi) is 4.69. The maximum Gasteiger partial charge on any atom is 0.309 e. The molecule has 2 N–H and O–H groups in total. The van der Waals surface area contributed by atoms with Crippen molar-refractivity contribution in [3.63, 3.8) is 0 Å². The van der Waals surface area contributed by atoms with Crippen molar-refractivity contribution in [3.8, 4) is 0 Å². The van der Waals surface area contributed by atoms with Crippen LogP contribution in [0.2, 0.25) is 0 Å². The first kappa shape index (κ1) is 24.1. The molecule has 0 radical (unpaired) electrons. The van der Waals surface area contributed by atoms with E-state index >= 15 is 0 Å². The summed E-state index contributed by atoms with van der Waals surface area (Å²) in [7, 11) is 1.33. The maximum absolute atomic E-state index is 14.1. The van der Waals surface area contributed by atoms with Crippen molar-refractivity contribution < 1.29 is 43.2 Å². The standard InChI is InChI=1S/C27H34O9/c1-23(2)15(10-16(28)33-5)25(4)14-6-8-24(3)21(13-7-9-34-12-13)35-17(29)11-26(24,32)27(14)20(31)18(19(25)30)22(23)36-27/h7,9,12,14-15,18,20-22,31-32H,6,8,10-11H2,1-5H3. The van der Waals surface area contributed by atoms with Crippen molar-refractivity contribution >= 4 is 17.7 Å². The predicted octanol–water partition coefficient (Wildman–Crippen LogP) is 2.34. The van der Waals surface area contributed by atoms with Gasteiger partial charge in [0.15, 0.2) is 0 Å². The van der Waals surface area contributed by atoms with E-state index in [2.05, 4.69) is 0 Å². The van der Waals surface area contributed by atoms with Crippen molar-refractivity contribution in [2.75, 3.05) is 7.11 Å². The second-order valence-electron chi connectivity index (χ2n) is 12.6. The molecule has 5 fully saturated rings. The Labute approximate surface area is 209 Å². The number of carbonyl (C=O) groups is 3. The van der Waals surface area contributed by atoms with E-state index < -0.39 is 75.5 Å². The summed E-state index contributed by atoms with van der Waals surface area (Å²) in [5.41, 5.74) is -5.57. The van der Waals surface area contributed by atoms with Crippen molar-refractivity contribution in [2.45, 2.75) is 82.9 Å². The molecule has 3 bridgehead atoms. The van der Waals surface area contributed by atoms with Gasteiger partial charge in [0.05, 0.1) is 44.2 Å². The lowest BCUT2D eigenvalue weighted by atomic mass is 9.36. The molecule has 10 atom stereocenters. The van der Waals surface area contributed by atoms with Gasteiger partial charge in [-0.2, -0.15) is 0 Å². The van der Waals surface area contributed by atoms with E-state index in [1.165, 1.54) is 19.6 Å². The summed E-state index contributed by atoms with van der Waals surface area (Å²) in [6.07, 6.45) is 0.662. The van der Waals surface area contributed by atoms with Crippen molar-refractivity contribution in [1.29, 1.82) is 0 Å². The Morgan fingerprint density at radius 1 is 1.22 bits per heavy atom. The van der Waals surface area contributed by atoms with E-state index in [1.807, 2.05) is 27.7 Å². The van der Waals surface area contributed by atoms with Crippen LogP contribution in [0.15, 0.2) is 23.0 Å². The average Bonchev–Trinajstić information content (AvgIpc) is 3.42. The van der Waals surface area contributed by atoms with Gasteiger partial charge in [0, 0.05) is 28.7 Å². The molecular weight excluding hydrogens is 468 g/mol. The van der Waals surface area contributed by atoms with Gasteiger partial charge in [-0.1, -0.05) is 27.7 Å². The molecule has 2 aliphatic heterocycles. The van der Waals surface area contributed by atoms with Crippen molar-refractivity contribution in [1.82, 2.24) is 0 Å². The van der Waals surface area contributed by atoms with Crippen LogP contribution in [0.25, 0.3) is 0 Å². The van der Waals surface area contributed by atoms with Gasteiger partial charge in [-0.3, -0.25) is 14.4 Å². The summed E-state index contributed by atoms with van der Waals surface area (Å²) in [5.74, 6) is -3.07. The number of carbonyl (C=O) groups excluding carboxylic acids is 3. The molecule has 3 saturated carbocycles. The van der Waals surface area contributed by atoms with E-state index in [9.17, 15) is 24.6 Å². The lowest BCUT2D eigenvalue weighted by molar-refractivity contribution is -0.333. The number of furan rings is 1. The number of fused-ring (bicyclic) bond motifs is 3. The maximum atomic E-state index is 14.1. The molecular formula is C27H34O9. The molecule has 0 amide bonds. The summed E-state index contributed by atoms with van der Waals surface area (Å²) in [6.45, 7) is 7.63. The van der Waals surface area contributed by atoms with Crippen LogP contribution in [-0.2, 0) is 28.6 Å². The van der Waals surface area contributed by atoms with E-state index in [0.29, 0.717) is 18.4 Å². The van der Waals surface area contributed by atoms with E-state index in [0.717, 1.165) is 0 Å². The summed E-state index contributed by atoms with van der Waals surface area (Å²) >= 11 is 0. The first-order valence-corrected chi connectivity index (χ1v) is 12.7. The van der Waals surface area contributed by atoms with Gasteiger partial charge < -0.3 is 28.8 Å². The molecule has 1 aromatic rings. The number of hydrogen-bond donors (Lipinski definition) is 2. The lowest BCUT2D eigenvalue weighted by Gasteiger charge is -2.68. The Morgan fingerprint density at radius 3 is 2.58 bits per heavy atom. The minimum Gasteiger partial charge on any atom is -0.472 e. The molecule has 6 rings (SSSR count). The average molecular weight is 503 g/mol. The highest BCUT2D eigenvalue weighted by atomic mass is 16.6. The smallest absolute Gasteiger partial charge is 0.309 e. The summed E-state index contributed by atoms with van der Waals surface area (Å²) < 4.78 is 22.9. The van der Waals surface area contributed by atoms with Crippen LogP contribution in [0.4, 0.5) is 0 Å². The number of ether oxygens (including phenoxy) is 3. The molecule has 1 spiro atoms. The third kappa shape index (κ3) is 2.37. The normalized spacial score (nSPS) is 50.3. The highest BCUT2D eigenvalue weighted by Crippen LogP contribution is 2.77. The van der Waals surface area contributed by atoms with E-state index in [4.69, 9.17) is 18.6 Å². The Balaban J connectivity index is 1.57. The number of hydrogen-bond acceptors (Lipinski definition) is 9. The van der Waals surface area contributed by atoms with Gasteiger partial charge in [0.25, 0.3) is 0 Å². The number of ketones is 1. The largest absolute Gasteiger partial charge is 0.472 e. The van der Waals surface area contributed by atoms with Gasteiger partial charge in [0.2, 0.25) is 0 Å². The van der Waals surface area contributed by atoms with Crippen LogP contribution < -0.4 is 0 Å². The Bertz CT molecular complexity index is 1140. The third-order valence-electron chi connectivity index (χ3n) is 11.1. The lowest BCUT2D eigenvalue weighted by Crippen LogP contribution is -2.81. The molecule has 2 saturated heterocycles. The SMILES string of the molecule is COC(=O)CC1C(C)(C)C2OC34C(O)C2C(=O)C1(C)C3CCC1(C)C(c2ccoc2)OC(=O)CC14O. The predicted molar refractivity (Wildman–Crippen MR) is 122 cm³/mol. The number of methoxy groups -OCH3 is 1. The quantitative estimate of drug-likeness (QED) is 0.598. The van der Waals surface area contributed by atoms with Crippen LogP contribution in [-0.4, -0.2) is 58.5 Å². The number of cyclic esters (lactones) is 1. The molecule has 5 aliphatic rings. The fourth-order valence-electron chi connectivity index (χ4n) is 9.36. The fraction of sp³-hybridized carbons (Fsp3) is 0.741. The van der Waals surface area contributed by atoms with Crippen molar-refractivity contribution in [2.24, 2.45) is 34.0 Å². The molecule has 196 valence electrons. The van der Waals surface area contributed by atoms with Crippen LogP contribution in [0.5, 0.6) is 0 Å². The first-order valence-electron chi connectivity index (χ1n) is 12.7. The zero-order chi connectivity index (χ0) is 26.1. The number of Topliss-reactive ketones (excluding diaryl/α,β-unsaturated/α-hetero) is 1. The highest BCUT2D eigenvalue weighted by Gasteiger charge is 2.87. The van der Waals surface area contributed by atoms with Gasteiger partial charge in [-0.25, -0.2) is 0 Å². The molecule has 1 aromatic heterocycles. The number of aliphatic hydroxyl groups is 2. The number of aliphatic hydroxyl groups excluding tert-OH is 1. The van der Waals surface area contributed by atoms with Gasteiger partial charge in [0.1, 0.15) is 23.1 Å². The molecule has 9 heteroatoms. The first-order chi connectivity index (χ1) is 16.8. The highest BCUT2D eigenvalue weighted by molar-refractivity contribution is 5.93. The van der Waals surface area contributed by atoms with Gasteiger partial charge >= 0.3 is 11.9 Å². The second kappa shape index (κ2) is 6.99. The zero-order valence-electron chi connectivity index (χ0n) is 21.3. The molecule has 3 heterocycles. The molecule has 0 aromatic carbocycles. The zero-order valence-corrected chi connectivity index (χ0v) is 21.3. The molecule has 9 nitrogen and oxygen atoms in total. The van der Waals surface area contributed by atoms with Crippen LogP contribution in [0, 0.1) is 34.0 Å². The third-order valence-corrected chi connectivity index (χ3v) is 11.1. The topological polar surface area (TPSA) is 132 Å². The van der Waals surface area contributed by atoms with Crippen LogP contribution in [0.3, 0.4) is 0 Å². The van der Waals surface area contributed by atoms with Crippen LogP contribution >= 0.6 is 0 Å². The number of esters is 2. The minimum absolute atomic E-state index is 0.0242. The molecule has 10 unspecified atom stereocenters. The molecule has 3 aliphatic carbocycles. The summed E-state index contributed by atoms with van der Waals surface area (Å²) in [5, 5.41) is 24.7. The van der Waals surface area contributed by atoms with E-state index in [-0.39, 0.29) is 18.6 Å². The van der Waals surface area contributed by atoms with Gasteiger partial charge in [-0.05, 0) is 30.2 Å². The number of rotatable bonds is 3. The summed E-state index contributed by atoms with van der Waals surface area (Å²) in [4.78, 5) is 39.7. The fourth-order valence-corrected chi connectivity index (χ4v) is 9.36. The Hall–Kier alpha value is -2.23. The second-order valence-corrected chi connectivity index (χ2v) is 12.6.